The Balaban J connectivity index is 1.53. The summed E-state index contributed by atoms with van der Waals surface area (Å²) in [5, 5.41) is 4.31. The third-order valence-electron chi connectivity index (χ3n) is 6.19. The minimum atomic E-state index is -0.445. The van der Waals surface area contributed by atoms with E-state index in [1.165, 1.54) is 4.90 Å². The number of carbonyl (C=O) groups is 2. The Kier molecular flexibility index (Phi) is 4.29. The number of benzene rings is 2. The number of fused-ring (bicyclic) bond motifs is 3. The number of hydrazine groups is 1. The maximum atomic E-state index is 13.5. The Bertz CT molecular complexity index is 944. The van der Waals surface area contributed by atoms with Crippen LogP contribution in [0.1, 0.15) is 18.0 Å². The molecule has 3 aliphatic rings. The van der Waals surface area contributed by atoms with Crippen molar-refractivity contribution in [3.63, 3.8) is 0 Å². The van der Waals surface area contributed by atoms with Crippen LogP contribution in [-0.4, -0.2) is 55.2 Å². The average molecular weight is 393 g/mol. The summed E-state index contributed by atoms with van der Waals surface area (Å²) in [5.74, 6) is 0.761. The van der Waals surface area contributed by atoms with E-state index in [1.54, 1.807) is 38.5 Å². The summed E-state index contributed by atoms with van der Waals surface area (Å²) in [5.41, 5.74) is 1.62. The van der Waals surface area contributed by atoms with Gasteiger partial charge in [0.1, 0.15) is 17.5 Å². The number of nitrogens with zero attached hydrogens (tertiary/aromatic N) is 3. The van der Waals surface area contributed by atoms with Gasteiger partial charge in [0.2, 0.25) is 5.91 Å². The summed E-state index contributed by atoms with van der Waals surface area (Å²) in [6.45, 7) is 1.65. The first-order valence-electron chi connectivity index (χ1n) is 9.83. The van der Waals surface area contributed by atoms with Crippen molar-refractivity contribution in [1.29, 1.82) is 0 Å². The van der Waals surface area contributed by atoms with Gasteiger partial charge in [-0.15, -0.1) is 0 Å². The lowest BCUT2D eigenvalue weighted by molar-refractivity contribution is -0.126. The van der Waals surface area contributed by atoms with Gasteiger partial charge < -0.3 is 9.47 Å². The van der Waals surface area contributed by atoms with Gasteiger partial charge in [-0.1, -0.05) is 12.1 Å². The van der Waals surface area contributed by atoms with Gasteiger partial charge >= 0.3 is 0 Å². The molecule has 3 atom stereocenters. The average Bonchev–Trinajstić information content (AvgIpc) is 3.40. The van der Waals surface area contributed by atoms with Crippen LogP contribution < -0.4 is 14.4 Å². The Morgan fingerprint density at radius 1 is 0.759 bits per heavy atom. The number of rotatable bonds is 4. The molecule has 0 unspecified atom stereocenters. The maximum Gasteiger partial charge on any atom is 0.253 e. The molecule has 0 aromatic heterocycles. The monoisotopic (exact) mass is 393 g/mol. The number of methoxy groups -OCH3 is 2. The van der Waals surface area contributed by atoms with Crippen molar-refractivity contribution in [1.82, 2.24) is 10.0 Å². The summed E-state index contributed by atoms with van der Waals surface area (Å²) in [6, 6.07) is 14.3. The zero-order valence-corrected chi connectivity index (χ0v) is 16.4. The second-order valence-electron chi connectivity index (χ2n) is 7.58. The lowest BCUT2D eigenvalue weighted by Crippen LogP contribution is -2.44. The smallest absolute Gasteiger partial charge is 0.253 e. The van der Waals surface area contributed by atoms with Crippen molar-refractivity contribution in [2.24, 2.45) is 5.92 Å². The molecule has 0 spiro atoms. The number of imide groups is 1. The molecule has 2 amide bonds. The van der Waals surface area contributed by atoms with E-state index in [0.717, 1.165) is 30.8 Å². The lowest BCUT2D eigenvalue weighted by Gasteiger charge is -2.29. The van der Waals surface area contributed by atoms with Gasteiger partial charge in [0, 0.05) is 13.1 Å². The third kappa shape index (κ3) is 2.65. The highest BCUT2D eigenvalue weighted by molar-refractivity contribution is 6.24. The van der Waals surface area contributed by atoms with Crippen molar-refractivity contribution < 1.29 is 19.1 Å². The Morgan fingerprint density at radius 3 is 1.90 bits per heavy atom. The predicted octanol–water partition coefficient (Wildman–Crippen LogP) is 2.24. The van der Waals surface area contributed by atoms with Gasteiger partial charge in [-0.2, -0.15) is 0 Å². The molecule has 0 radical (unpaired) electrons. The highest BCUT2D eigenvalue weighted by Crippen LogP contribution is 2.49. The lowest BCUT2D eigenvalue weighted by atomic mass is 9.90. The first-order chi connectivity index (χ1) is 14.1. The molecule has 5 rings (SSSR count). The number of carbonyl (C=O) groups excluding carboxylic acids is 2. The molecule has 7 nitrogen and oxygen atoms in total. The van der Waals surface area contributed by atoms with E-state index in [-0.39, 0.29) is 17.9 Å². The summed E-state index contributed by atoms with van der Waals surface area (Å²) >= 11 is 0. The topological polar surface area (TPSA) is 62.3 Å². The molecule has 3 aliphatic heterocycles. The van der Waals surface area contributed by atoms with E-state index in [9.17, 15) is 9.59 Å². The van der Waals surface area contributed by atoms with Crippen LogP contribution in [0.25, 0.3) is 0 Å². The fourth-order valence-electron chi connectivity index (χ4n) is 4.90. The zero-order chi connectivity index (χ0) is 20.1. The summed E-state index contributed by atoms with van der Waals surface area (Å²) in [6.07, 6.45) is 0.986. The van der Waals surface area contributed by atoms with Gasteiger partial charge in [0.25, 0.3) is 5.91 Å². The highest BCUT2D eigenvalue weighted by Gasteiger charge is 2.62. The zero-order valence-electron chi connectivity index (χ0n) is 16.4. The van der Waals surface area contributed by atoms with E-state index < -0.39 is 12.0 Å². The highest BCUT2D eigenvalue weighted by atomic mass is 16.5. The second kappa shape index (κ2) is 6.86. The van der Waals surface area contributed by atoms with Crippen LogP contribution in [0, 0.1) is 5.92 Å². The van der Waals surface area contributed by atoms with Crippen LogP contribution in [0.5, 0.6) is 11.5 Å². The summed E-state index contributed by atoms with van der Waals surface area (Å²) < 4.78 is 10.5. The minimum absolute atomic E-state index is 0.139. The fraction of sp³-hybridized carbons (Fsp3) is 0.364. The SMILES string of the molecule is COc1ccc([C@H]2[C@@H]3C(=O)N(c4ccc(OC)cc4)C(=O)[C@H]3N3CCCN23)cc1. The fourth-order valence-corrected chi connectivity index (χ4v) is 4.90. The number of anilines is 1. The molecule has 150 valence electrons. The first kappa shape index (κ1) is 18.1. The van der Waals surface area contributed by atoms with E-state index in [0.29, 0.717) is 11.4 Å². The standard InChI is InChI=1S/C22H23N3O4/c1-28-16-8-4-14(5-9-16)19-18-20(24-13-3-12-23(19)24)22(27)25(21(18)26)15-6-10-17(29-2)11-7-15/h4-11,18-20H,3,12-13H2,1-2H3/t18-,19-,20-/m0/s1. The van der Waals surface area contributed by atoms with E-state index in [2.05, 4.69) is 10.0 Å². The Labute approximate surface area is 169 Å². The van der Waals surface area contributed by atoms with Crippen LogP contribution in [-0.2, 0) is 9.59 Å². The minimum Gasteiger partial charge on any atom is -0.497 e. The van der Waals surface area contributed by atoms with Crippen molar-refractivity contribution in [3.8, 4) is 11.5 Å². The summed E-state index contributed by atoms with van der Waals surface area (Å²) in [4.78, 5) is 28.2. The molecular weight excluding hydrogens is 370 g/mol. The molecular formula is C22H23N3O4. The quantitative estimate of drug-likeness (QED) is 0.743. The molecule has 0 bridgehead atoms. The molecule has 2 aromatic rings. The van der Waals surface area contributed by atoms with Gasteiger partial charge in [-0.05, 0) is 48.4 Å². The van der Waals surface area contributed by atoms with Crippen LogP contribution in [0.15, 0.2) is 48.5 Å². The number of hydrogen-bond donors (Lipinski definition) is 0. The van der Waals surface area contributed by atoms with Gasteiger partial charge in [-0.25, -0.2) is 14.9 Å². The molecule has 2 aromatic carbocycles. The predicted molar refractivity (Wildman–Crippen MR) is 107 cm³/mol. The van der Waals surface area contributed by atoms with Crippen LogP contribution in [0.3, 0.4) is 0 Å². The Hall–Kier alpha value is -2.90. The molecule has 3 heterocycles. The molecule has 0 saturated carbocycles. The Morgan fingerprint density at radius 2 is 1.31 bits per heavy atom. The summed E-state index contributed by atoms with van der Waals surface area (Å²) in [7, 11) is 3.22. The van der Waals surface area contributed by atoms with Crippen molar-refractivity contribution in [2.75, 3.05) is 32.2 Å². The van der Waals surface area contributed by atoms with E-state index >= 15 is 0 Å². The largest absolute Gasteiger partial charge is 0.497 e. The van der Waals surface area contributed by atoms with Crippen LogP contribution in [0.2, 0.25) is 0 Å². The molecule has 0 aliphatic carbocycles. The first-order valence-corrected chi connectivity index (χ1v) is 9.83. The van der Waals surface area contributed by atoms with Crippen molar-refractivity contribution in [3.05, 3.63) is 54.1 Å². The number of amides is 2. The van der Waals surface area contributed by atoms with Gasteiger partial charge in [0.05, 0.1) is 31.9 Å². The molecule has 3 saturated heterocycles. The molecule has 0 N–H and O–H groups in total. The maximum absolute atomic E-state index is 13.5. The van der Waals surface area contributed by atoms with Crippen LogP contribution >= 0.6 is 0 Å². The normalized spacial score (nSPS) is 26.7. The molecule has 29 heavy (non-hydrogen) atoms. The number of ether oxygens (including phenoxy) is 2. The van der Waals surface area contributed by atoms with Gasteiger partial charge in [0.15, 0.2) is 0 Å². The van der Waals surface area contributed by atoms with Gasteiger partial charge in [-0.3, -0.25) is 9.59 Å². The molecule has 3 fully saturated rings. The van der Waals surface area contributed by atoms with Crippen LogP contribution in [0.4, 0.5) is 5.69 Å². The third-order valence-corrected chi connectivity index (χ3v) is 6.19. The number of hydrogen-bond acceptors (Lipinski definition) is 6. The van der Waals surface area contributed by atoms with E-state index in [1.807, 2.05) is 24.3 Å². The molecule has 7 heteroatoms. The van der Waals surface area contributed by atoms with Crippen molar-refractivity contribution >= 4 is 17.5 Å². The van der Waals surface area contributed by atoms with E-state index in [4.69, 9.17) is 9.47 Å². The van der Waals surface area contributed by atoms with Crippen molar-refractivity contribution in [2.45, 2.75) is 18.5 Å². The second-order valence-corrected chi connectivity index (χ2v) is 7.58.